The van der Waals surface area contributed by atoms with Gasteiger partial charge in [-0.05, 0) is 41.7 Å². The molecule has 0 radical (unpaired) electrons. The van der Waals surface area contributed by atoms with Gasteiger partial charge in [-0.25, -0.2) is 8.42 Å². The van der Waals surface area contributed by atoms with Gasteiger partial charge in [0.2, 0.25) is 15.9 Å². The van der Waals surface area contributed by atoms with Gasteiger partial charge >= 0.3 is 6.18 Å². The summed E-state index contributed by atoms with van der Waals surface area (Å²) in [5, 5.41) is 2.13. The van der Waals surface area contributed by atoms with Crippen molar-refractivity contribution in [3.05, 3.63) is 64.2 Å². The number of sulfonamides is 1. The maximum Gasteiger partial charge on any atom is 0.417 e. The van der Waals surface area contributed by atoms with Gasteiger partial charge in [-0.1, -0.05) is 56.6 Å². The summed E-state index contributed by atoms with van der Waals surface area (Å²) in [6, 6.07) is 9.90. The number of carbonyl (C=O) groups is 1. The van der Waals surface area contributed by atoms with Crippen molar-refractivity contribution in [2.75, 3.05) is 17.1 Å². The lowest BCUT2D eigenvalue weighted by Crippen LogP contribution is -2.41. The largest absolute Gasteiger partial charge is 0.417 e. The molecule has 2 aromatic carbocycles. The van der Waals surface area contributed by atoms with Crippen LogP contribution in [-0.4, -0.2) is 27.1 Å². The van der Waals surface area contributed by atoms with Gasteiger partial charge in [0, 0.05) is 0 Å². The topological polar surface area (TPSA) is 66.5 Å². The highest BCUT2D eigenvalue weighted by molar-refractivity contribution is 7.92. The van der Waals surface area contributed by atoms with E-state index in [4.69, 9.17) is 11.6 Å². The first-order valence-corrected chi connectivity index (χ1v) is 12.0. The molecule has 0 aromatic heterocycles. The second-order valence-electron chi connectivity index (χ2n) is 8.59. The van der Waals surface area contributed by atoms with Crippen molar-refractivity contribution in [3.8, 4) is 0 Å². The maximum atomic E-state index is 13.2. The van der Waals surface area contributed by atoms with Gasteiger partial charge in [-0.3, -0.25) is 9.10 Å². The molecule has 0 unspecified atom stereocenters. The van der Waals surface area contributed by atoms with E-state index in [0.29, 0.717) is 10.4 Å². The van der Waals surface area contributed by atoms with Crippen LogP contribution in [0.4, 0.5) is 18.9 Å². The fourth-order valence-corrected chi connectivity index (χ4v) is 4.13. The van der Waals surface area contributed by atoms with Gasteiger partial charge in [-0.15, -0.1) is 0 Å². The minimum atomic E-state index is -4.77. The minimum absolute atomic E-state index is 0.0329. The van der Waals surface area contributed by atoms with Crippen LogP contribution < -0.4 is 9.62 Å². The Morgan fingerprint density at radius 2 is 1.66 bits per heavy atom. The zero-order valence-electron chi connectivity index (χ0n) is 18.4. The third-order valence-electron chi connectivity index (χ3n) is 4.89. The minimum Gasteiger partial charge on any atom is -0.348 e. The molecule has 0 saturated heterocycles. The molecule has 2 aromatic rings. The van der Waals surface area contributed by atoms with Crippen molar-refractivity contribution in [2.24, 2.45) is 0 Å². The van der Waals surface area contributed by atoms with Crippen LogP contribution in [0.25, 0.3) is 0 Å². The number of hydrogen-bond donors (Lipinski definition) is 1. The number of amides is 1. The van der Waals surface area contributed by atoms with Crippen molar-refractivity contribution in [3.63, 3.8) is 0 Å². The van der Waals surface area contributed by atoms with Crippen LogP contribution in [0.2, 0.25) is 5.02 Å². The molecule has 1 atom stereocenters. The van der Waals surface area contributed by atoms with Crippen LogP contribution in [0.1, 0.15) is 50.4 Å². The van der Waals surface area contributed by atoms with Crippen LogP contribution in [0.3, 0.4) is 0 Å². The van der Waals surface area contributed by atoms with E-state index < -0.39 is 45.3 Å². The summed E-state index contributed by atoms with van der Waals surface area (Å²) in [4.78, 5) is 12.6. The Morgan fingerprint density at radius 3 is 2.12 bits per heavy atom. The molecule has 0 aliphatic rings. The van der Waals surface area contributed by atoms with E-state index in [9.17, 15) is 26.4 Å². The molecule has 5 nitrogen and oxygen atoms in total. The molecular formula is C22H26ClF3N2O3S. The summed E-state index contributed by atoms with van der Waals surface area (Å²) in [5.41, 5.74) is 0.406. The first-order valence-electron chi connectivity index (χ1n) is 9.74. The highest BCUT2D eigenvalue weighted by atomic mass is 35.5. The normalized spacial score (nSPS) is 13.5. The molecule has 176 valence electrons. The lowest BCUT2D eigenvalue weighted by atomic mass is 9.86. The molecule has 0 bridgehead atoms. The van der Waals surface area contributed by atoms with Gasteiger partial charge in [0.05, 0.1) is 28.6 Å². The van der Waals surface area contributed by atoms with Crippen LogP contribution >= 0.6 is 11.6 Å². The standard InChI is InChI=1S/C22H26ClF3N2O3S/c1-14(15-6-8-16(9-7-15)21(2,3)4)27-20(29)13-28(32(5,30)31)17-10-11-19(23)18(12-17)22(24,25)26/h6-12,14H,13H2,1-5H3,(H,27,29)/t14-/m1/s1. The highest BCUT2D eigenvalue weighted by Crippen LogP contribution is 2.37. The van der Waals surface area contributed by atoms with Crippen LogP contribution in [-0.2, 0) is 26.4 Å². The van der Waals surface area contributed by atoms with Gasteiger partial charge in [0.15, 0.2) is 0 Å². The number of anilines is 1. The monoisotopic (exact) mass is 490 g/mol. The Kier molecular flexibility index (Phi) is 7.56. The van der Waals surface area contributed by atoms with Crippen LogP contribution in [0.5, 0.6) is 0 Å². The summed E-state index contributed by atoms with van der Waals surface area (Å²) >= 11 is 5.61. The predicted octanol–water partition coefficient (Wildman–Crippen LogP) is 5.30. The smallest absolute Gasteiger partial charge is 0.348 e. The zero-order chi connectivity index (χ0) is 24.5. The van der Waals surface area contributed by atoms with Crippen molar-refractivity contribution >= 4 is 33.2 Å². The third kappa shape index (κ3) is 6.62. The van der Waals surface area contributed by atoms with Gasteiger partial charge in [0.25, 0.3) is 0 Å². The quantitative estimate of drug-likeness (QED) is 0.597. The predicted molar refractivity (Wildman–Crippen MR) is 120 cm³/mol. The third-order valence-corrected chi connectivity index (χ3v) is 6.36. The van der Waals surface area contributed by atoms with Crippen LogP contribution in [0.15, 0.2) is 42.5 Å². The fourth-order valence-electron chi connectivity index (χ4n) is 3.06. The summed E-state index contributed by atoms with van der Waals surface area (Å²) in [7, 11) is -4.05. The highest BCUT2D eigenvalue weighted by Gasteiger charge is 2.34. The Balaban J connectivity index is 2.23. The number of alkyl halides is 3. The second kappa shape index (κ2) is 9.31. The molecule has 1 amide bonds. The number of benzene rings is 2. The molecule has 0 saturated carbocycles. The van der Waals surface area contributed by atoms with Crippen molar-refractivity contribution in [2.45, 2.75) is 45.3 Å². The SMILES string of the molecule is C[C@@H](NC(=O)CN(c1ccc(Cl)c(C(F)(F)F)c1)S(C)(=O)=O)c1ccc(C(C)(C)C)cc1. The lowest BCUT2D eigenvalue weighted by molar-refractivity contribution is -0.137. The number of halogens is 4. The summed E-state index contributed by atoms with van der Waals surface area (Å²) in [6.45, 7) is 7.29. The Labute approximate surface area is 191 Å². The molecule has 0 spiro atoms. The van der Waals surface area contributed by atoms with E-state index in [1.165, 1.54) is 0 Å². The Hall–Kier alpha value is -2.26. The molecule has 0 fully saturated rings. The fraction of sp³-hybridized carbons (Fsp3) is 0.409. The van der Waals surface area contributed by atoms with E-state index in [2.05, 4.69) is 26.1 Å². The van der Waals surface area contributed by atoms with E-state index in [-0.39, 0.29) is 11.1 Å². The number of rotatable bonds is 6. The molecular weight excluding hydrogens is 465 g/mol. The van der Waals surface area contributed by atoms with E-state index in [1.54, 1.807) is 6.92 Å². The number of nitrogens with one attached hydrogen (secondary N) is 1. The van der Waals surface area contributed by atoms with Crippen LogP contribution in [0, 0.1) is 0 Å². The van der Waals surface area contributed by atoms with Crippen molar-refractivity contribution in [1.29, 1.82) is 0 Å². The maximum absolute atomic E-state index is 13.2. The molecule has 32 heavy (non-hydrogen) atoms. The molecule has 0 heterocycles. The van der Waals surface area contributed by atoms with E-state index in [1.807, 2.05) is 24.3 Å². The number of hydrogen-bond acceptors (Lipinski definition) is 3. The number of nitrogens with zero attached hydrogens (tertiary/aromatic N) is 1. The van der Waals surface area contributed by atoms with E-state index in [0.717, 1.165) is 29.5 Å². The van der Waals surface area contributed by atoms with Gasteiger partial charge < -0.3 is 5.32 Å². The Morgan fingerprint density at radius 1 is 1.09 bits per heavy atom. The second-order valence-corrected chi connectivity index (χ2v) is 10.9. The summed E-state index contributed by atoms with van der Waals surface area (Å²) < 4.78 is 64.6. The van der Waals surface area contributed by atoms with Gasteiger partial charge in [-0.2, -0.15) is 13.2 Å². The molecule has 0 aliphatic heterocycles. The zero-order valence-corrected chi connectivity index (χ0v) is 20.0. The van der Waals surface area contributed by atoms with Gasteiger partial charge in [0.1, 0.15) is 6.54 Å². The first kappa shape index (κ1) is 26.0. The average Bonchev–Trinajstić information content (AvgIpc) is 2.64. The Bertz CT molecular complexity index is 1080. The molecule has 10 heteroatoms. The molecule has 1 N–H and O–H groups in total. The average molecular weight is 491 g/mol. The first-order chi connectivity index (χ1) is 14.5. The summed E-state index contributed by atoms with van der Waals surface area (Å²) in [5.74, 6) is -0.661. The number of carbonyl (C=O) groups excluding carboxylic acids is 1. The van der Waals surface area contributed by atoms with E-state index >= 15 is 0 Å². The van der Waals surface area contributed by atoms with Crippen molar-refractivity contribution in [1.82, 2.24) is 5.32 Å². The van der Waals surface area contributed by atoms with Crippen molar-refractivity contribution < 1.29 is 26.4 Å². The molecule has 0 aliphatic carbocycles. The lowest BCUT2D eigenvalue weighted by Gasteiger charge is -2.24. The summed E-state index contributed by atoms with van der Waals surface area (Å²) in [6.07, 6.45) is -3.96. The molecule has 2 rings (SSSR count).